The van der Waals surface area contributed by atoms with Gasteiger partial charge in [0.15, 0.2) is 5.78 Å². The molecule has 0 saturated heterocycles. The lowest BCUT2D eigenvalue weighted by Crippen LogP contribution is -2.44. The van der Waals surface area contributed by atoms with E-state index in [1.807, 2.05) is 319 Å². The number of fused-ring (bicyclic) bond motifs is 1. The largest absolute Gasteiger partial charge is 0.435 e. The number of hydrogen-bond acceptors (Lipinski definition) is 27. The average molecular weight is 2010 g/mol. The Morgan fingerprint density at radius 1 is 0.407 bits per heavy atom. The molecule has 0 unspecified atom stereocenters. The highest BCUT2D eigenvalue weighted by Crippen LogP contribution is 2.32. The van der Waals surface area contributed by atoms with Crippen LogP contribution in [0.25, 0.3) is 21.5 Å². The molecule has 17 rings (SSSR count). The van der Waals surface area contributed by atoms with Gasteiger partial charge in [-0.2, -0.15) is 0 Å². The predicted octanol–water partition coefficient (Wildman–Crippen LogP) is 22.5. The SMILES string of the molecule is CCCCNC(=O)ON1C(=O)c2cccc3cccc(c23)C1=O.CCN(CC)C(=O)O/N=C(\C)c1ccc2ccccc2c1.O=C(CCC(=O)O/N=C(\c1ccccc1)c1ccccn1)ON=C(c1ccccc1)c1ccccc1.O=C(CNC1CCCCC1)Cc1c([N+](=O)[O-])cccc1[N+](=O)[O-].O=C(Cc1ccccc1)ON=C(c1ccccc1)c1ccccc1.O=C(O/N=C(\c1ccccc1)c1ccccn1)c1ccccc1. The molecule has 150 heavy (non-hydrogen) atoms. The Labute approximate surface area is 866 Å². The minimum atomic E-state index is -0.813. The summed E-state index contributed by atoms with van der Waals surface area (Å²) in [5.41, 5.74) is 11.0. The zero-order valence-corrected chi connectivity index (χ0v) is 82.8. The van der Waals surface area contributed by atoms with E-state index >= 15 is 0 Å². The van der Waals surface area contributed by atoms with Crippen molar-refractivity contribution in [1.82, 2.24) is 30.6 Å². The van der Waals surface area contributed by atoms with Gasteiger partial charge in [-0.3, -0.25) is 49.4 Å². The highest BCUT2D eigenvalue weighted by Gasteiger charge is 2.37. The number of rotatable bonds is 33. The molecule has 2 N–H and O–H groups in total. The number of nitro benzene ring substituents is 2. The molecule has 0 radical (unpaired) electrons. The standard InChI is InChI=1S/C29H23N3O4.C21H17NO2.C19H14N2O2.C17H16N2O4.C17H20N2O2.C15H19N3O5/c33-26(35-31-28(22-12-4-1-5-13-22)23-14-6-2-7-15-23)19-20-27(34)36-32-29(24-16-8-3-9-17-24)25-18-10-11-21-30-25;23-20(16-17-10-4-1-5-11-17)24-22-21(18-12-6-2-7-13-18)19-14-8-3-9-15-19;22-19(16-11-5-2-6-12-16)23-21-18(15-9-3-1-4-10-15)17-13-7-8-14-20-17;1-2-3-10-18-17(22)23-19-15(20)12-8-4-6-11-7-5-9-13(14(11)12)16(19)21;1-4-19(5-2)17(20)21-18-13(3)15-11-10-14-8-6-7-9-16(14)12-15;19-12(10-16-11-5-2-1-3-6-11)9-13-14(17(20)21)7-4-8-15(13)18(22)23/h1-18,21H,19-20H2;1-15H,16H2;1-14H;4-9H,2-3,10H2,1H3,(H,18,22);6-12H,4-5H2,1-3H3;4,7-8,11,16H,1-3,5-6,9-10H2/b32-29+;;21-18+;;18-13+;. The first-order valence-corrected chi connectivity index (χ1v) is 48.5. The zero-order valence-electron chi connectivity index (χ0n) is 82.8. The Morgan fingerprint density at radius 3 is 1.25 bits per heavy atom. The predicted molar refractivity (Wildman–Crippen MR) is 572 cm³/mol. The number of hydroxylamine groups is 2. The number of carbonyl (C=O) groups is 9. The number of Topliss-reactive ketones (excluding diaryl/α,β-unsaturated/α-hetero) is 1. The van der Waals surface area contributed by atoms with E-state index in [1.165, 1.54) is 30.0 Å². The number of imide groups is 1. The van der Waals surface area contributed by atoms with E-state index < -0.39 is 51.8 Å². The summed E-state index contributed by atoms with van der Waals surface area (Å²) in [5.74, 6) is -3.77. The number of carbonyl (C=O) groups excluding carboxylic acids is 9. The molecule has 1 fully saturated rings. The number of nitro groups is 2. The van der Waals surface area contributed by atoms with Crippen LogP contribution in [-0.4, -0.2) is 144 Å². The number of ketones is 1. The number of nitrogens with one attached hydrogen (secondary N) is 2. The second-order valence-corrected chi connectivity index (χ2v) is 33.4. The maximum Gasteiger partial charge on any atom is 0.435 e. The Kier molecular flexibility index (Phi) is 43.0. The molecule has 1 aliphatic heterocycles. The van der Waals surface area contributed by atoms with Gasteiger partial charge in [0.1, 0.15) is 28.4 Å². The van der Waals surface area contributed by atoms with Crippen LogP contribution in [0.3, 0.4) is 0 Å². The van der Waals surface area contributed by atoms with Gasteiger partial charge in [-0.15, -0.1) is 0 Å². The van der Waals surface area contributed by atoms with Crippen molar-refractivity contribution in [3.05, 3.63) is 487 Å². The monoisotopic (exact) mass is 2010 g/mol. The van der Waals surface area contributed by atoms with Gasteiger partial charge in [0.25, 0.3) is 23.2 Å². The van der Waals surface area contributed by atoms with Crippen LogP contribution < -0.4 is 10.6 Å². The molecular formula is C118H109N13O19. The fourth-order valence-corrected chi connectivity index (χ4v) is 15.3. The molecule has 15 aromatic rings. The van der Waals surface area contributed by atoms with Gasteiger partial charge in [0.2, 0.25) is 0 Å². The van der Waals surface area contributed by atoms with E-state index in [9.17, 15) is 63.4 Å². The summed E-state index contributed by atoms with van der Waals surface area (Å²) in [4.78, 5) is 171. The van der Waals surface area contributed by atoms with Crippen LogP contribution in [0.5, 0.6) is 0 Å². The van der Waals surface area contributed by atoms with Gasteiger partial charge in [-0.25, -0.2) is 28.8 Å². The van der Waals surface area contributed by atoms with Crippen molar-refractivity contribution in [1.29, 1.82) is 0 Å². The normalized spacial score (nSPS) is 11.9. The molecule has 3 heterocycles. The van der Waals surface area contributed by atoms with Crippen molar-refractivity contribution in [3.8, 4) is 0 Å². The van der Waals surface area contributed by atoms with E-state index in [-0.39, 0.29) is 67.0 Å². The summed E-state index contributed by atoms with van der Waals surface area (Å²) in [6, 6.07) is 114. The average Bonchev–Trinajstić information content (AvgIpc) is 0.745. The van der Waals surface area contributed by atoms with Crippen LogP contribution in [0.2, 0.25) is 0 Å². The van der Waals surface area contributed by atoms with Crippen molar-refractivity contribution in [2.24, 2.45) is 25.8 Å². The molecule has 4 amide bonds. The Hall–Kier alpha value is -19.0. The third-order valence-corrected chi connectivity index (χ3v) is 23.0. The second-order valence-electron chi connectivity index (χ2n) is 33.4. The van der Waals surface area contributed by atoms with Crippen LogP contribution >= 0.6 is 0 Å². The van der Waals surface area contributed by atoms with Gasteiger partial charge in [-0.05, 0) is 128 Å². The molecule has 760 valence electrons. The molecule has 2 aromatic heterocycles. The summed E-state index contributed by atoms with van der Waals surface area (Å²) in [7, 11) is 0. The molecule has 0 atom stereocenters. The van der Waals surface area contributed by atoms with Crippen molar-refractivity contribution in [2.45, 2.75) is 104 Å². The Morgan fingerprint density at radius 2 is 0.807 bits per heavy atom. The van der Waals surface area contributed by atoms with Crippen molar-refractivity contribution >= 4 is 115 Å². The van der Waals surface area contributed by atoms with Crippen molar-refractivity contribution in [3.63, 3.8) is 0 Å². The summed E-state index contributed by atoms with van der Waals surface area (Å²) < 4.78 is 0. The Balaban J connectivity index is 0.000000161. The molecule has 1 aliphatic carbocycles. The third kappa shape index (κ3) is 33.6. The van der Waals surface area contributed by atoms with Crippen LogP contribution in [0.4, 0.5) is 21.0 Å². The maximum atomic E-state index is 12.5. The number of hydrogen-bond donors (Lipinski definition) is 2. The number of oxime groups is 5. The van der Waals surface area contributed by atoms with Gasteiger partial charge >= 0.3 is 36.1 Å². The molecule has 13 aromatic carbocycles. The second kappa shape index (κ2) is 58.7. The molecular weight excluding hydrogens is 1900 g/mol. The van der Waals surface area contributed by atoms with E-state index in [0.29, 0.717) is 86.7 Å². The van der Waals surface area contributed by atoms with Crippen LogP contribution in [0.15, 0.2) is 414 Å². The van der Waals surface area contributed by atoms with Gasteiger partial charge in [-0.1, -0.05) is 367 Å². The van der Waals surface area contributed by atoms with Gasteiger partial charge in [0, 0.05) is 95.4 Å². The zero-order chi connectivity index (χ0) is 106. The lowest BCUT2D eigenvalue weighted by atomic mass is 9.95. The molecule has 32 nitrogen and oxygen atoms in total. The van der Waals surface area contributed by atoms with E-state index in [0.717, 1.165) is 93.8 Å². The number of benzene rings is 13. The molecule has 0 spiro atoms. The third-order valence-electron chi connectivity index (χ3n) is 23.0. The minimum absolute atomic E-state index is 0.0773. The summed E-state index contributed by atoms with van der Waals surface area (Å²) in [6.07, 6.45) is 8.72. The number of amides is 4. The summed E-state index contributed by atoms with van der Waals surface area (Å²) in [5, 5.41) is 52.2. The Bertz CT molecular complexity index is 6870. The first-order chi connectivity index (χ1) is 73.1. The van der Waals surface area contributed by atoms with E-state index in [1.54, 1.807) is 78.0 Å². The van der Waals surface area contributed by atoms with Crippen LogP contribution in [-0.2, 0) is 61.0 Å². The molecule has 0 bridgehead atoms. The van der Waals surface area contributed by atoms with Gasteiger partial charge < -0.3 is 39.7 Å². The highest BCUT2D eigenvalue weighted by atomic mass is 16.7. The van der Waals surface area contributed by atoms with E-state index in [4.69, 9.17) is 29.0 Å². The van der Waals surface area contributed by atoms with Crippen LogP contribution in [0.1, 0.15) is 178 Å². The summed E-state index contributed by atoms with van der Waals surface area (Å²) in [6.45, 7) is 9.36. The quantitative estimate of drug-likeness (QED) is 0.00963. The fourth-order valence-electron chi connectivity index (χ4n) is 15.3. The number of aromatic nitrogens is 2. The highest BCUT2D eigenvalue weighted by molar-refractivity contribution is 6.25. The number of unbranched alkanes of at least 4 members (excludes halogenated alkanes) is 1. The van der Waals surface area contributed by atoms with Crippen molar-refractivity contribution < 1.29 is 82.0 Å². The number of nitrogens with zero attached hydrogens (tertiary/aromatic N) is 11. The van der Waals surface area contributed by atoms with Crippen LogP contribution in [0, 0.1) is 20.2 Å². The fraction of sp³-hybridized carbons (Fsp3) is 0.169. The van der Waals surface area contributed by atoms with Gasteiger partial charge in [0.05, 0.1) is 69.4 Å². The lowest BCUT2D eigenvalue weighted by molar-refractivity contribution is -0.395. The summed E-state index contributed by atoms with van der Waals surface area (Å²) >= 11 is 0. The number of pyridine rings is 2. The first kappa shape index (κ1) is 110. The molecule has 32 heteroatoms. The topological polar surface area (TPSA) is 413 Å². The maximum absolute atomic E-state index is 12.5. The van der Waals surface area contributed by atoms with Crippen molar-refractivity contribution in [2.75, 3.05) is 26.2 Å². The molecule has 1 saturated carbocycles. The lowest BCUT2D eigenvalue weighted by Gasteiger charge is -2.25. The van der Waals surface area contributed by atoms with E-state index in [2.05, 4.69) is 52.4 Å². The smallest absolute Gasteiger partial charge is 0.320 e. The first-order valence-electron chi connectivity index (χ1n) is 48.5. The minimum Gasteiger partial charge on any atom is -0.320 e. The molecule has 2 aliphatic rings.